The highest BCUT2D eigenvalue weighted by molar-refractivity contribution is 5.91. The van der Waals surface area contributed by atoms with Gasteiger partial charge in [-0.15, -0.1) is 0 Å². The minimum atomic E-state index is -0.914. The number of nitrogens with zero attached hydrogens (tertiary/aromatic N) is 5. The number of para-hydroxylation sites is 1. The van der Waals surface area contributed by atoms with Gasteiger partial charge in [-0.1, -0.05) is 24.3 Å². The van der Waals surface area contributed by atoms with Crippen molar-refractivity contribution in [3.63, 3.8) is 0 Å². The molecule has 1 fully saturated rings. The van der Waals surface area contributed by atoms with Crippen LogP contribution < -0.4 is 10.6 Å². The van der Waals surface area contributed by atoms with Gasteiger partial charge >= 0.3 is 6.03 Å². The first-order valence-electron chi connectivity index (χ1n) is 13.8. The number of ether oxygens (including phenoxy) is 2. The second-order valence-corrected chi connectivity index (χ2v) is 10.3. The highest BCUT2D eigenvalue weighted by Gasteiger charge is 2.35. The van der Waals surface area contributed by atoms with Gasteiger partial charge in [-0.05, 0) is 36.8 Å². The van der Waals surface area contributed by atoms with Crippen LogP contribution in [0.25, 0.3) is 16.9 Å². The van der Waals surface area contributed by atoms with E-state index in [0.29, 0.717) is 56.5 Å². The lowest BCUT2D eigenvalue weighted by atomic mass is 9.94. The van der Waals surface area contributed by atoms with E-state index in [2.05, 4.69) is 20.6 Å². The summed E-state index contributed by atoms with van der Waals surface area (Å²) in [6.45, 7) is 5.06. The molecule has 4 aromatic rings. The Morgan fingerprint density at radius 3 is 2.60 bits per heavy atom. The van der Waals surface area contributed by atoms with Crippen molar-refractivity contribution < 1.29 is 23.0 Å². The molecule has 1 aliphatic rings. The molecule has 2 atom stereocenters. The number of urea groups is 1. The predicted molar refractivity (Wildman–Crippen MR) is 155 cm³/mol. The number of likely N-dealkylation sites (tertiary alicyclic amines) is 1. The van der Waals surface area contributed by atoms with Crippen LogP contribution in [0.2, 0.25) is 0 Å². The summed E-state index contributed by atoms with van der Waals surface area (Å²) in [5.41, 5.74) is 3.70. The van der Waals surface area contributed by atoms with Crippen molar-refractivity contribution in [1.82, 2.24) is 29.8 Å². The third-order valence-electron chi connectivity index (χ3n) is 7.40. The Labute approximate surface area is 243 Å². The maximum Gasteiger partial charge on any atom is 0.320 e. The van der Waals surface area contributed by atoms with E-state index in [-0.39, 0.29) is 12.0 Å². The molecular weight excluding hydrogens is 544 g/mol. The van der Waals surface area contributed by atoms with Gasteiger partial charge in [0.05, 0.1) is 37.7 Å². The van der Waals surface area contributed by atoms with Crippen LogP contribution in [-0.2, 0) is 16.5 Å². The monoisotopic (exact) mass is 579 g/mol. The van der Waals surface area contributed by atoms with Crippen LogP contribution in [0.4, 0.5) is 19.4 Å². The van der Waals surface area contributed by atoms with Crippen molar-refractivity contribution in [1.29, 1.82) is 0 Å². The molecule has 0 radical (unpaired) electrons. The van der Waals surface area contributed by atoms with E-state index in [1.165, 1.54) is 6.07 Å². The van der Waals surface area contributed by atoms with Crippen molar-refractivity contribution in [3.8, 4) is 16.9 Å². The van der Waals surface area contributed by atoms with Crippen molar-refractivity contribution in [3.05, 3.63) is 83.7 Å². The van der Waals surface area contributed by atoms with Crippen LogP contribution in [0.15, 0.2) is 60.9 Å². The number of rotatable bonds is 11. The fourth-order valence-electron chi connectivity index (χ4n) is 5.26. The third kappa shape index (κ3) is 6.67. The zero-order valence-corrected chi connectivity index (χ0v) is 23.9. The van der Waals surface area contributed by atoms with Gasteiger partial charge in [0, 0.05) is 57.0 Å². The topological polar surface area (TPSA) is 98.5 Å². The third-order valence-corrected chi connectivity index (χ3v) is 7.40. The van der Waals surface area contributed by atoms with Gasteiger partial charge < -0.3 is 14.8 Å². The second-order valence-electron chi connectivity index (χ2n) is 10.3. The van der Waals surface area contributed by atoms with E-state index < -0.39 is 17.7 Å². The summed E-state index contributed by atoms with van der Waals surface area (Å²) < 4.78 is 41.9. The van der Waals surface area contributed by atoms with Crippen LogP contribution in [0.1, 0.15) is 17.0 Å². The smallest absolute Gasteiger partial charge is 0.320 e. The number of carbonyl (C=O) groups is 1. The first-order valence-corrected chi connectivity index (χ1v) is 13.8. The molecular formula is C30H35F2N7O3. The Balaban J connectivity index is 1.37. The molecule has 10 nitrogen and oxygen atoms in total. The molecule has 2 aromatic heterocycles. The molecule has 222 valence electrons. The Morgan fingerprint density at radius 2 is 1.88 bits per heavy atom. The lowest BCUT2D eigenvalue weighted by molar-refractivity contribution is 0.0600. The summed E-state index contributed by atoms with van der Waals surface area (Å²) in [4.78, 5) is 15.7. The Hall–Kier alpha value is -4.13. The van der Waals surface area contributed by atoms with Crippen molar-refractivity contribution in [2.75, 3.05) is 51.9 Å². The summed E-state index contributed by atoms with van der Waals surface area (Å²) >= 11 is 0. The number of aromatic nitrogens is 4. The number of amides is 2. The maximum absolute atomic E-state index is 14.2. The SMILES string of the molecule is COCCOCCN1C[C@@H](NC(=O)Nc2c(C)c(-c3cnn(C)c3)nn2-c2ccccc2)[C@H](c2ccc(F)c(F)c2)C1. The molecule has 0 aliphatic carbocycles. The van der Waals surface area contributed by atoms with E-state index in [1.54, 1.807) is 28.7 Å². The number of nitrogens with one attached hydrogen (secondary N) is 2. The number of hydrogen-bond donors (Lipinski definition) is 2. The summed E-state index contributed by atoms with van der Waals surface area (Å²) in [5, 5.41) is 15.2. The molecule has 0 spiro atoms. The van der Waals surface area contributed by atoms with Crippen molar-refractivity contribution >= 4 is 11.8 Å². The summed E-state index contributed by atoms with van der Waals surface area (Å²) in [5.74, 6) is -1.56. The van der Waals surface area contributed by atoms with Crippen molar-refractivity contribution in [2.45, 2.75) is 18.9 Å². The number of benzene rings is 2. The molecule has 0 bridgehead atoms. The minimum absolute atomic E-state index is 0.254. The molecule has 3 heterocycles. The van der Waals surface area contributed by atoms with Gasteiger partial charge in [-0.2, -0.15) is 10.2 Å². The number of methoxy groups -OCH3 is 1. The molecule has 2 amide bonds. The van der Waals surface area contributed by atoms with Gasteiger partial charge in [0.1, 0.15) is 11.5 Å². The molecule has 42 heavy (non-hydrogen) atoms. The van der Waals surface area contributed by atoms with Crippen LogP contribution >= 0.6 is 0 Å². The van der Waals surface area contributed by atoms with E-state index in [4.69, 9.17) is 14.6 Å². The fraction of sp³-hybridized carbons (Fsp3) is 0.367. The van der Waals surface area contributed by atoms with Gasteiger partial charge in [0.15, 0.2) is 11.6 Å². The number of aryl methyl sites for hydroxylation is 1. The van der Waals surface area contributed by atoms with E-state index in [9.17, 15) is 13.6 Å². The molecule has 0 saturated carbocycles. The van der Waals surface area contributed by atoms with Gasteiger partial charge in [0.25, 0.3) is 0 Å². The van der Waals surface area contributed by atoms with E-state index in [0.717, 1.165) is 22.9 Å². The molecule has 12 heteroatoms. The van der Waals surface area contributed by atoms with Gasteiger partial charge in [0.2, 0.25) is 0 Å². The Bertz CT molecular complexity index is 1510. The quantitative estimate of drug-likeness (QED) is 0.260. The number of hydrogen-bond acceptors (Lipinski definition) is 6. The summed E-state index contributed by atoms with van der Waals surface area (Å²) in [6, 6.07) is 12.6. The van der Waals surface area contributed by atoms with E-state index in [1.807, 2.05) is 50.5 Å². The zero-order chi connectivity index (χ0) is 29.6. The van der Waals surface area contributed by atoms with E-state index >= 15 is 0 Å². The first kappa shape index (κ1) is 29.4. The van der Waals surface area contributed by atoms with Crippen LogP contribution in [0.5, 0.6) is 0 Å². The average Bonchev–Trinajstić information content (AvgIpc) is 3.68. The van der Waals surface area contributed by atoms with Crippen LogP contribution in [0, 0.1) is 18.6 Å². The number of carbonyl (C=O) groups excluding carboxylic acids is 1. The zero-order valence-electron chi connectivity index (χ0n) is 23.9. The van der Waals surface area contributed by atoms with Gasteiger partial charge in [-0.3, -0.25) is 14.9 Å². The molecule has 2 aromatic carbocycles. The Kier molecular flexibility index (Phi) is 9.25. The second kappa shape index (κ2) is 13.2. The standard InChI is InChI=1S/C30H35F2N7O3/c1-20-28(22-16-33-37(2)17-22)36-39(23-7-5-4-6-8-23)29(20)35-30(40)34-27-19-38(11-12-42-14-13-41-3)18-24(27)21-9-10-25(31)26(32)15-21/h4-10,15-17,24,27H,11-14,18-19H2,1-3H3,(H2,34,35,40)/t24-,27+/m0/s1. The highest BCUT2D eigenvalue weighted by Crippen LogP contribution is 2.31. The largest absolute Gasteiger partial charge is 0.382 e. The molecule has 2 N–H and O–H groups in total. The maximum atomic E-state index is 14.2. The van der Waals surface area contributed by atoms with Gasteiger partial charge in [-0.25, -0.2) is 18.3 Å². The van der Waals surface area contributed by atoms with Crippen molar-refractivity contribution in [2.24, 2.45) is 7.05 Å². The molecule has 1 aliphatic heterocycles. The Morgan fingerprint density at radius 1 is 1.07 bits per heavy atom. The number of anilines is 1. The summed E-state index contributed by atoms with van der Waals surface area (Å²) in [6.07, 6.45) is 3.60. The normalized spacial score (nSPS) is 17.1. The van der Waals surface area contributed by atoms with Crippen LogP contribution in [0.3, 0.4) is 0 Å². The average molecular weight is 580 g/mol. The number of halogens is 2. The lowest BCUT2D eigenvalue weighted by Gasteiger charge is -2.21. The summed E-state index contributed by atoms with van der Waals surface area (Å²) in [7, 11) is 3.45. The highest BCUT2D eigenvalue weighted by atomic mass is 19.2. The van der Waals surface area contributed by atoms with Crippen LogP contribution in [-0.4, -0.2) is 83.1 Å². The first-order chi connectivity index (χ1) is 20.3. The molecule has 0 unspecified atom stereocenters. The fourth-order valence-corrected chi connectivity index (χ4v) is 5.26. The minimum Gasteiger partial charge on any atom is -0.382 e. The predicted octanol–water partition coefficient (Wildman–Crippen LogP) is 4.11. The molecule has 1 saturated heterocycles. The lowest BCUT2D eigenvalue weighted by Crippen LogP contribution is -2.42. The molecule has 5 rings (SSSR count).